The molecule has 2 aromatic heterocycles. The van der Waals surface area contributed by atoms with Gasteiger partial charge in [0.05, 0.1) is 26.0 Å². The second-order valence-electron chi connectivity index (χ2n) is 6.91. The number of methoxy groups -OCH3 is 1. The number of likely N-dealkylation sites (tertiary alicyclic amines) is 1. The summed E-state index contributed by atoms with van der Waals surface area (Å²) in [5.41, 5.74) is 1.06. The van der Waals surface area contributed by atoms with Crippen LogP contribution in [0, 0.1) is 0 Å². The largest absolute Gasteiger partial charge is 0.481 e. The minimum absolute atomic E-state index is 0.208. The number of piperidine rings is 1. The molecule has 0 aromatic carbocycles. The predicted octanol–water partition coefficient (Wildman–Crippen LogP) is 2.97. The van der Waals surface area contributed by atoms with Gasteiger partial charge in [-0.25, -0.2) is 9.98 Å². The molecule has 3 rings (SSSR count). The fourth-order valence-electron chi connectivity index (χ4n) is 3.49. The smallest absolute Gasteiger partial charge is 0.213 e. The summed E-state index contributed by atoms with van der Waals surface area (Å²) in [5, 5.41) is 6.82. The minimum atomic E-state index is 0.208. The van der Waals surface area contributed by atoms with Gasteiger partial charge in [-0.3, -0.25) is 4.90 Å². The highest BCUT2D eigenvalue weighted by Crippen LogP contribution is 2.24. The molecule has 0 saturated carbocycles. The maximum Gasteiger partial charge on any atom is 0.213 e. The van der Waals surface area contributed by atoms with Crippen molar-refractivity contribution in [1.29, 1.82) is 0 Å². The number of hydrogen-bond donors (Lipinski definition) is 2. The van der Waals surface area contributed by atoms with Crippen molar-refractivity contribution in [2.24, 2.45) is 4.99 Å². The quantitative estimate of drug-likeness (QED) is 0.538. The van der Waals surface area contributed by atoms with E-state index in [-0.39, 0.29) is 6.04 Å². The molecule has 2 aromatic rings. The van der Waals surface area contributed by atoms with Crippen LogP contribution in [0.15, 0.2) is 46.1 Å². The van der Waals surface area contributed by atoms with E-state index in [0.29, 0.717) is 12.4 Å². The molecule has 0 bridgehead atoms. The molecule has 7 heteroatoms. The first-order valence-corrected chi connectivity index (χ1v) is 10.1. The predicted molar refractivity (Wildman–Crippen MR) is 110 cm³/mol. The van der Waals surface area contributed by atoms with Gasteiger partial charge in [0, 0.05) is 25.4 Å². The van der Waals surface area contributed by atoms with E-state index in [4.69, 9.17) is 14.1 Å². The summed E-state index contributed by atoms with van der Waals surface area (Å²) in [6, 6.07) is 8.10. The zero-order chi connectivity index (χ0) is 19.6. The van der Waals surface area contributed by atoms with Crippen molar-refractivity contribution in [2.45, 2.75) is 38.8 Å². The Labute approximate surface area is 167 Å². The number of ether oxygens (including phenoxy) is 1. The molecule has 7 nitrogen and oxygen atoms in total. The van der Waals surface area contributed by atoms with Crippen molar-refractivity contribution in [3.63, 3.8) is 0 Å². The van der Waals surface area contributed by atoms with Crippen LogP contribution < -0.4 is 15.4 Å². The van der Waals surface area contributed by atoms with Gasteiger partial charge in [-0.05, 0) is 56.6 Å². The number of guanidine groups is 1. The normalized spacial score (nSPS) is 16.6. The van der Waals surface area contributed by atoms with Crippen molar-refractivity contribution in [1.82, 2.24) is 20.5 Å². The van der Waals surface area contributed by atoms with Gasteiger partial charge in [0.25, 0.3) is 0 Å². The van der Waals surface area contributed by atoms with Crippen molar-refractivity contribution < 1.29 is 9.15 Å². The third-order valence-electron chi connectivity index (χ3n) is 4.94. The Bertz CT molecular complexity index is 726. The molecular formula is C21H31N5O2. The van der Waals surface area contributed by atoms with Gasteiger partial charge in [-0.2, -0.15) is 0 Å². The summed E-state index contributed by atoms with van der Waals surface area (Å²) in [6.45, 7) is 6.40. The van der Waals surface area contributed by atoms with Gasteiger partial charge in [0.15, 0.2) is 5.96 Å². The number of nitrogens with one attached hydrogen (secondary N) is 2. The second-order valence-corrected chi connectivity index (χ2v) is 6.91. The van der Waals surface area contributed by atoms with E-state index in [2.05, 4.69) is 33.5 Å². The highest BCUT2D eigenvalue weighted by atomic mass is 16.5. The Morgan fingerprint density at radius 3 is 2.86 bits per heavy atom. The molecule has 152 valence electrons. The highest BCUT2D eigenvalue weighted by molar-refractivity contribution is 5.79. The maximum absolute atomic E-state index is 5.73. The molecule has 1 atom stereocenters. The molecule has 1 fully saturated rings. The second kappa shape index (κ2) is 10.7. The van der Waals surface area contributed by atoms with Crippen molar-refractivity contribution >= 4 is 5.96 Å². The van der Waals surface area contributed by atoms with Crippen LogP contribution in [0.3, 0.4) is 0 Å². The first-order chi connectivity index (χ1) is 13.8. The molecule has 3 heterocycles. The lowest BCUT2D eigenvalue weighted by Gasteiger charge is -2.33. The number of furan rings is 1. The molecular weight excluding hydrogens is 354 g/mol. The Balaban J connectivity index is 1.65. The van der Waals surface area contributed by atoms with E-state index in [1.54, 1.807) is 19.6 Å². The van der Waals surface area contributed by atoms with E-state index >= 15 is 0 Å². The Morgan fingerprint density at radius 1 is 1.29 bits per heavy atom. The average molecular weight is 386 g/mol. The molecule has 1 aliphatic rings. The van der Waals surface area contributed by atoms with Crippen molar-refractivity contribution in [3.8, 4) is 5.88 Å². The van der Waals surface area contributed by atoms with E-state index in [0.717, 1.165) is 43.5 Å². The van der Waals surface area contributed by atoms with Gasteiger partial charge in [-0.1, -0.05) is 6.42 Å². The van der Waals surface area contributed by atoms with E-state index < -0.39 is 0 Å². The topological polar surface area (TPSA) is 74.9 Å². The lowest BCUT2D eigenvalue weighted by Crippen LogP contribution is -2.44. The van der Waals surface area contributed by atoms with Crippen LogP contribution in [0.1, 0.15) is 43.6 Å². The van der Waals surface area contributed by atoms with E-state index in [9.17, 15) is 0 Å². The minimum Gasteiger partial charge on any atom is -0.481 e. The van der Waals surface area contributed by atoms with E-state index in [1.165, 1.54) is 19.3 Å². The number of aromatic nitrogens is 1. The molecule has 2 N–H and O–H groups in total. The van der Waals surface area contributed by atoms with Crippen molar-refractivity contribution in [2.75, 3.05) is 33.3 Å². The highest BCUT2D eigenvalue weighted by Gasteiger charge is 2.24. The summed E-state index contributed by atoms with van der Waals surface area (Å²) >= 11 is 0. The summed E-state index contributed by atoms with van der Waals surface area (Å²) < 4.78 is 10.9. The summed E-state index contributed by atoms with van der Waals surface area (Å²) in [5.74, 6) is 2.41. The lowest BCUT2D eigenvalue weighted by molar-refractivity contribution is 0.146. The SMILES string of the molecule is CCNC(=NCc1ccnc(OC)c1)NCC(c1ccco1)N1CCCCC1. The monoisotopic (exact) mass is 385 g/mol. The molecule has 1 saturated heterocycles. The van der Waals surface area contributed by atoms with Gasteiger partial charge in [0.1, 0.15) is 5.76 Å². The lowest BCUT2D eigenvalue weighted by atomic mass is 10.1. The van der Waals surface area contributed by atoms with Gasteiger partial charge in [-0.15, -0.1) is 0 Å². The number of nitrogens with zero attached hydrogens (tertiary/aromatic N) is 3. The van der Waals surface area contributed by atoms with Crippen LogP contribution in [0.25, 0.3) is 0 Å². The number of aliphatic imine (C=N–C) groups is 1. The first-order valence-electron chi connectivity index (χ1n) is 10.1. The summed E-state index contributed by atoms with van der Waals surface area (Å²) in [6.07, 6.45) is 7.30. The van der Waals surface area contributed by atoms with Gasteiger partial charge in [0.2, 0.25) is 5.88 Å². The van der Waals surface area contributed by atoms with Crippen LogP contribution in [-0.2, 0) is 6.54 Å². The standard InChI is InChI=1S/C21H31N5O2/c1-3-22-21(24-15-17-9-10-23-20(14-17)27-2)25-16-18(19-8-7-13-28-19)26-11-5-4-6-12-26/h7-10,13-14,18H,3-6,11-12,15-16H2,1-2H3,(H2,22,24,25). The number of hydrogen-bond acceptors (Lipinski definition) is 5. The Hall–Kier alpha value is -2.54. The van der Waals surface area contributed by atoms with Gasteiger partial charge < -0.3 is 19.8 Å². The molecule has 0 aliphatic carbocycles. The summed E-state index contributed by atoms with van der Waals surface area (Å²) in [4.78, 5) is 11.4. The molecule has 0 spiro atoms. The average Bonchev–Trinajstić information content (AvgIpc) is 3.27. The number of pyridine rings is 1. The Morgan fingerprint density at radius 2 is 2.14 bits per heavy atom. The van der Waals surface area contributed by atoms with Crippen molar-refractivity contribution in [3.05, 3.63) is 48.0 Å². The van der Waals surface area contributed by atoms with Crippen LogP contribution in [0.4, 0.5) is 0 Å². The maximum atomic E-state index is 5.73. The van der Waals surface area contributed by atoms with Gasteiger partial charge >= 0.3 is 0 Å². The molecule has 1 unspecified atom stereocenters. The zero-order valence-corrected chi connectivity index (χ0v) is 16.9. The molecule has 28 heavy (non-hydrogen) atoms. The third kappa shape index (κ3) is 5.73. The third-order valence-corrected chi connectivity index (χ3v) is 4.94. The fourth-order valence-corrected chi connectivity index (χ4v) is 3.49. The Kier molecular flexibility index (Phi) is 7.72. The van der Waals surface area contributed by atoms with Crippen LogP contribution >= 0.6 is 0 Å². The number of rotatable bonds is 8. The zero-order valence-electron chi connectivity index (χ0n) is 16.9. The molecule has 0 radical (unpaired) electrons. The van der Waals surface area contributed by atoms with Crippen LogP contribution in [0.5, 0.6) is 5.88 Å². The van der Waals surface area contributed by atoms with E-state index in [1.807, 2.05) is 18.2 Å². The first kappa shape index (κ1) is 20.2. The molecule has 1 aliphatic heterocycles. The fraction of sp³-hybridized carbons (Fsp3) is 0.524. The van der Waals surface area contributed by atoms with Crippen LogP contribution in [-0.4, -0.2) is 49.1 Å². The van der Waals surface area contributed by atoms with Crippen LogP contribution in [0.2, 0.25) is 0 Å². The molecule has 0 amide bonds. The summed E-state index contributed by atoms with van der Waals surface area (Å²) in [7, 11) is 1.62.